The van der Waals surface area contributed by atoms with E-state index in [2.05, 4.69) is 20.2 Å². The van der Waals surface area contributed by atoms with Crippen LogP contribution in [0, 0.1) is 0 Å². The van der Waals surface area contributed by atoms with Crippen LogP contribution in [0.5, 0.6) is 11.9 Å². The third-order valence-electron chi connectivity index (χ3n) is 5.30. The Balaban J connectivity index is 1.53. The van der Waals surface area contributed by atoms with Crippen molar-refractivity contribution in [1.82, 2.24) is 20.2 Å². The first kappa shape index (κ1) is 15.1. The van der Waals surface area contributed by atoms with E-state index in [0.717, 1.165) is 43.6 Å². The standard InChI is InChI=1S/C16H23FN4O2/c1-22-14-12-3-5-18-8-13(12)19-15(20-14)23-10-16-4-2-6-21(16)9-11(17)7-16/h11,18H,2-10H2,1H3. The minimum Gasteiger partial charge on any atom is -0.481 e. The summed E-state index contributed by atoms with van der Waals surface area (Å²) in [5, 5.41) is 3.30. The maximum Gasteiger partial charge on any atom is 0.320 e. The molecule has 2 fully saturated rings. The highest BCUT2D eigenvalue weighted by Gasteiger charge is 2.49. The Labute approximate surface area is 135 Å². The lowest BCUT2D eigenvalue weighted by atomic mass is 9.95. The molecule has 1 aromatic heterocycles. The van der Waals surface area contributed by atoms with Crippen LogP contribution >= 0.6 is 0 Å². The summed E-state index contributed by atoms with van der Waals surface area (Å²) in [7, 11) is 1.62. The van der Waals surface area contributed by atoms with Crippen molar-refractivity contribution in [3.63, 3.8) is 0 Å². The molecule has 2 unspecified atom stereocenters. The Morgan fingerprint density at radius 3 is 3.22 bits per heavy atom. The molecule has 3 aliphatic rings. The van der Waals surface area contributed by atoms with Gasteiger partial charge in [-0.15, -0.1) is 0 Å². The van der Waals surface area contributed by atoms with Crippen molar-refractivity contribution in [3.05, 3.63) is 11.3 Å². The minimum absolute atomic E-state index is 0.176. The Morgan fingerprint density at radius 1 is 1.43 bits per heavy atom. The van der Waals surface area contributed by atoms with Gasteiger partial charge in [0.05, 0.1) is 18.3 Å². The topological polar surface area (TPSA) is 59.5 Å². The van der Waals surface area contributed by atoms with Crippen LogP contribution in [0.4, 0.5) is 4.39 Å². The van der Waals surface area contributed by atoms with Crippen LogP contribution in [0.1, 0.15) is 30.5 Å². The monoisotopic (exact) mass is 322 g/mol. The predicted molar refractivity (Wildman–Crippen MR) is 82.5 cm³/mol. The number of nitrogens with one attached hydrogen (secondary N) is 1. The molecule has 0 saturated carbocycles. The zero-order valence-electron chi connectivity index (χ0n) is 13.5. The van der Waals surface area contributed by atoms with Crippen molar-refractivity contribution in [2.75, 3.05) is 33.4 Å². The molecule has 2 saturated heterocycles. The maximum atomic E-state index is 13.8. The summed E-state index contributed by atoms with van der Waals surface area (Å²) < 4.78 is 25.1. The molecule has 4 heterocycles. The van der Waals surface area contributed by atoms with Crippen LogP contribution in [0.3, 0.4) is 0 Å². The highest BCUT2D eigenvalue weighted by Crippen LogP contribution is 2.40. The molecule has 2 atom stereocenters. The van der Waals surface area contributed by atoms with Crippen LogP contribution in [0.25, 0.3) is 0 Å². The van der Waals surface area contributed by atoms with Crippen LogP contribution in [-0.4, -0.2) is 59.9 Å². The molecular weight excluding hydrogens is 299 g/mol. The van der Waals surface area contributed by atoms with Crippen molar-refractivity contribution in [2.24, 2.45) is 0 Å². The number of ether oxygens (including phenoxy) is 2. The van der Waals surface area contributed by atoms with Crippen LogP contribution < -0.4 is 14.8 Å². The molecule has 3 aliphatic heterocycles. The molecular formula is C16H23FN4O2. The molecule has 1 N–H and O–H groups in total. The summed E-state index contributed by atoms with van der Waals surface area (Å²) in [6.45, 7) is 3.55. The van der Waals surface area contributed by atoms with E-state index in [-0.39, 0.29) is 5.54 Å². The van der Waals surface area contributed by atoms with E-state index < -0.39 is 6.17 Å². The Bertz CT molecular complexity index is 582. The summed E-state index contributed by atoms with van der Waals surface area (Å²) in [5.74, 6) is 0.599. The van der Waals surface area contributed by atoms with E-state index >= 15 is 0 Å². The number of hydrogen-bond acceptors (Lipinski definition) is 6. The normalized spacial score (nSPS) is 30.1. The highest BCUT2D eigenvalue weighted by atomic mass is 19.1. The van der Waals surface area contributed by atoms with Crippen LogP contribution in [-0.2, 0) is 13.0 Å². The maximum absolute atomic E-state index is 13.8. The number of rotatable bonds is 4. The summed E-state index contributed by atoms with van der Waals surface area (Å²) >= 11 is 0. The van der Waals surface area contributed by atoms with Gasteiger partial charge in [-0.2, -0.15) is 9.97 Å². The zero-order chi connectivity index (χ0) is 15.9. The molecule has 1 aromatic rings. The molecule has 7 heteroatoms. The third-order valence-corrected chi connectivity index (χ3v) is 5.30. The molecule has 0 bridgehead atoms. The van der Waals surface area contributed by atoms with E-state index in [1.54, 1.807) is 7.11 Å². The van der Waals surface area contributed by atoms with Gasteiger partial charge in [-0.1, -0.05) is 0 Å². The lowest BCUT2D eigenvalue weighted by Gasteiger charge is -2.31. The predicted octanol–water partition coefficient (Wildman–Crippen LogP) is 1.09. The second-order valence-corrected chi connectivity index (χ2v) is 6.73. The Kier molecular flexibility index (Phi) is 3.85. The fraction of sp³-hybridized carbons (Fsp3) is 0.750. The number of methoxy groups -OCH3 is 1. The number of halogens is 1. The van der Waals surface area contributed by atoms with Crippen LogP contribution in [0.15, 0.2) is 0 Å². The van der Waals surface area contributed by atoms with Gasteiger partial charge in [0, 0.05) is 25.1 Å². The van der Waals surface area contributed by atoms with Crippen LogP contribution in [0.2, 0.25) is 0 Å². The zero-order valence-corrected chi connectivity index (χ0v) is 13.5. The van der Waals surface area contributed by atoms with E-state index in [1.807, 2.05) is 0 Å². The SMILES string of the molecule is COc1nc(OCC23CCCN2CC(F)C3)nc2c1CCNC2. The molecule has 126 valence electrons. The van der Waals surface area contributed by atoms with Gasteiger partial charge in [0.25, 0.3) is 0 Å². The van der Waals surface area contributed by atoms with Gasteiger partial charge in [0.15, 0.2) is 0 Å². The fourth-order valence-corrected chi connectivity index (χ4v) is 4.18. The van der Waals surface area contributed by atoms with E-state index in [9.17, 15) is 4.39 Å². The van der Waals surface area contributed by atoms with E-state index in [0.29, 0.717) is 38.0 Å². The van der Waals surface area contributed by atoms with Crippen molar-refractivity contribution >= 4 is 0 Å². The Morgan fingerprint density at radius 2 is 2.35 bits per heavy atom. The number of hydrogen-bond donors (Lipinski definition) is 1. The second kappa shape index (κ2) is 5.87. The molecule has 0 radical (unpaired) electrons. The van der Waals surface area contributed by atoms with Gasteiger partial charge in [0.2, 0.25) is 5.88 Å². The molecule has 23 heavy (non-hydrogen) atoms. The third kappa shape index (κ3) is 2.65. The second-order valence-electron chi connectivity index (χ2n) is 6.73. The van der Waals surface area contributed by atoms with Gasteiger partial charge in [0.1, 0.15) is 12.8 Å². The number of fused-ring (bicyclic) bond motifs is 2. The highest BCUT2D eigenvalue weighted by molar-refractivity contribution is 5.34. The number of alkyl halides is 1. The summed E-state index contributed by atoms with van der Waals surface area (Å²) in [4.78, 5) is 11.2. The molecule has 0 aliphatic carbocycles. The van der Waals surface area contributed by atoms with Gasteiger partial charge < -0.3 is 14.8 Å². The van der Waals surface area contributed by atoms with E-state index in [1.165, 1.54) is 0 Å². The smallest absolute Gasteiger partial charge is 0.320 e. The first-order valence-corrected chi connectivity index (χ1v) is 8.37. The van der Waals surface area contributed by atoms with Crippen molar-refractivity contribution in [3.8, 4) is 11.9 Å². The van der Waals surface area contributed by atoms with Gasteiger partial charge in [-0.3, -0.25) is 4.90 Å². The molecule has 0 spiro atoms. The van der Waals surface area contributed by atoms with Crippen molar-refractivity contribution < 1.29 is 13.9 Å². The number of aromatic nitrogens is 2. The number of nitrogens with zero attached hydrogens (tertiary/aromatic N) is 3. The lowest BCUT2D eigenvalue weighted by Crippen LogP contribution is -2.43. The van der Waals surface area contributed by atoms with Gasteiger partial charge in [-0.05, 0) is 32.4 Å². The van der Waals surface area contributed by atoms with Gasteiger partial charge in [-0.25, -0.2) is 4.39 Å². The first-order valence-electron chi connectivity index (χ1n) is 8.37. The Hall–Kier alpha value is -1.47. The molecule has 0 amide bonds. The minimum atomic E-state index is -0.748. The lowest BCUT2D eigenvalue weighted by molar-refractivity contribution is 0.106. The van der Waals surface area contributed by atoms with Crippen molar-refractivity contribution in [2.45, 2.75) is 43.9 Å². The summed E-state index contributed by atoms with van der Waals surface area (Å²) in [6, 6.07) is 0.341. The largest absolute Gasteiger partial charge is 0.481 e. The average Bonchev–Trinajstić information content (AvgIpc) is 3.08. The fourth-order valence-electron chi connectivity index (χ4n) is 4.18. The quantitative estimate of drug-likeness (QED) is 0.895. The molecule has 0 aromatic carbocycles. The van der Waals surface area contributed by atoms with E-state index in [4.69, 9.17) is 9.47 Å². The van der Waals surface area contributed by atoms with Gasteiger partial charge >= 0.3 is 6.01 Å². The van der Waals surface area contributed by atoms with Crippen molar-refractivity contribution in [1.29, 1.82) is 0 Å². The first-order chi connectivity index (χ1) is 11.2. The average molecular weight is 322 g/mol. The summed E-state index contributed by atoms with van der Waals surface area (Å²) in [5.41, 5.74) is 1.82. The molecule has 6 nitrogen and oxygen atoms in total. The molecule has 4 rings (SSSR count). The summed E-state index contributed by atoms with van der Waals surface area (Å²) in [6.07, 6.45) is 2.75.